The topological polar surface area (TPSA) is 86.4 Å². The molecule has 174 valence electrons. The molecule has 1 N–H and O–H groups in total. The number of pyridine rings is 1. The summed E-state index contributed by atoms with van der Waals surface area (Å²) in [4.78, 5) is 27.7. The second-order valence-corrected chi connectivity index (χ2v) is 7.81. The van der Waals surface area contributed by atoms with Gasteiger partial charge in [-0.2, -0.15) is 0 Å². The summed E-state index contributed by atoms with van der Waals surface area (Å²) < 4.78 is 10.9. The van der Waals surface area contributed by atoms with Crippen molar-refractivity contribution in [3.05, 3.63) is 48.0 Å². The molecule has 32 heavy (non-hydrogen) atoms. The average Bonchev–Trinajstić information content (AvgIpc) is 3.35. The molecule has 4 rings (SSSR count). The Morgan fingerprint density at radius 3 is 2.69 bits per heavy atom. The molecule has 2 aromatic heterocycles. The monoisotopic (exact) mass is 554 g/mol. The van der Waals surface area contributed by atoms with Gasteiger partial charge >= 0.3 is 0 Å². The van der Waals surface area contributed by atoms with Gasteiger partial charge < -0.3 is 29.2 Å². The Kier molecular flexibility index (Phi) is 8.74. The Bertz CT molecular complexity index is 899. The van der Waals surface area contributed by atoms with Crippen molar-refractivity contribution in [2.45, 2.75) is 19.6 Å². The second-order valence-electron chi connectivity index (χ2n) is 7.81. The van der Waals surface area contributed by atoms with Crippen LogP contribution in [0.15, 0.2) is 46.1 Å². The molecule has 2 aromatic rings. The van der Waals surface area contributed by atoms with E-state index < -0.39 is 0 Å². The first-order chi connectivity index (χ1) is 15.1. The van der Waals surface area contributed by atoms with E-state index in [1.165, 1.54) is 6.26 Å². The third-order valence-electron chi connectivity index (χ3n) is 5.64. The van der Waals surface area contributed by atoms with E-state index in [0.717, 1.165) is 50.1 Å². The molecule has 2 saturated heterocycles. The van der Waals surface area contributed by atoms with Gasteiger partial charge in [-0.25, -0.2) is 4.98 Å². The number of carbonyl (C=O) groups is 1. The molecular weight excluding hydrogens is 523 g/mol. The Labute approximate surface area is 205 Å². The summed E-state index contributed by atoms with van der Waals surface area (Å²) in [6, 6.07) is 7.58. The summed E-state index contributed by atoms with van der Waals surface area (Å²) in [6.07, 6.45) is 3.60. The van der Waals surface area contributed by atoms with Crippen molar-refractivity contribution in [3.8, 4) is 0 Å². The minimum Gasteiger partial charge on any atom is -0.459 e. The van der Waals surface area contributed by atoms with Gasteiger partial charge in [0, 0.05) is 59.1 Å². The lowest BCUT2D eigenvalue weighted by Crippen LogP contribution is -2.53. The molecule has 4 heterocycles. The fourth-order valence-electron chi connectivity index (χ4n) is 3.96. The maximum atomic E-state index is 12.5. The highest BCUT2D eigenvalue weighted by Gasteiger charge is 2.25. The summed E-state index contributed by atoms with van der Waals surface area (Å²) >= 11 is 0. The van der Waals surface area contributed by atoms with E-state index >= 15 is 0 Å². The molecule has 2 aliphatic rings. The van der Waals surface area contributed by atoms with Crippen molar-refractivity contribution < 1.29 is 13.9 Å². The van der Waals surface area contributed by atoms with Gasteiger partial charge in [-0.3, -0.25) is 9.79 Å². The number of furan rings is 1. The SMILES string of the molecule is CN=C(NCc1ccnc(N2CCOC(C)C2)c1)N1CCN(C(=O)c2ccco2)CC1.I. The lowest BCUT2D eigenvalue weighted by atomic mass is 10.2. The first kappa shape index (κ1) is 24.3. The van der Waals surface area contributed by atoms with Crippen molar-refractivity contribution in [1.82, 2.24) is 20.1 Å². The number of nitrogens with zero attached hydrogens (tertiary/aromatic N) is 5. The summed E-state index contributed by atoms with van der Waals surface area (Å²) in [5, 5.41) is 3.45. The van der Waals surface area contributed by atoms with E-state index in [1.807, 2.05) is 17.2 Å². The molecule has 2 fully saturated rings. The summed E-state index contributed by atoms with van der Waals surface area (Å²) in [7, 11) is 1.79. The van der Waals surface area contributed by atoms with Gasteiger partial charge in [0.2, 0.25) is 0 Å². The number of hydrogen-bond acceptors (Lipinski definition) is 6. The van der Waals surface area contributed by atoms with Gasteiger partial charge in [0.15, 0.2) is 11.7 Å². The molecule has 0 saturated carbocycles. The lowest BCUT2D eigenvalue weighted by Gasteiger charge is -2.36. The molecule has 0 radical (unpaired) electrons. The lowest BCUT2D eigenvalue weighted by molar-refractivity contribution is 0.0529. The number of guanidine groups is 1. The molecule has 1 atom stereocenters. The van der Waals surface area contributed by atoms with Crippen LogP contribution in [0.2, 0.25) is 0 Å². The van der Waals surface area contributed by atoms with Crippen LogP contribution in [0.25, 0.3) is 0 Å². The number of hydrogen-bond donors (Lipinski definition) is 1. The van der Waals surface area contributed by atoms with E-state index in [9.17, 15) is 4.79 Å². The molecule has 1 amide bonds. The smallest absolute Gasteiger partial charge is 0.289 e. The van der Waals surface area contributed by atoms with Crippen LogP contribution < -0.4 is 10.2 Å². The van der Waals surface area contributed by atoms with Crippen LogP contribution in [0.3, 0.4) is 0 Å². The number of anilines is 1. The van der Waals surface area contributed by atoms with Crippen LogP contribution in [0.4, 0.5) is 5.82 Å². The van der Waals surface area contributed by atoms with Crippen LogP contribution in [-0.2, 0) is 11.3 Å². The van der Waals surface area contributed by atoms with Gasteiger partial charge in [-0.15, -0.1) is 24.0 Å². The number of rotatable bonds is 4. The Balaban J connectivity index is 0.00000289. The fraction of sp³-hybridized carbons (Fsp3) is 0.500. The van der Waals surface area contributed by atoms with Gasteiger partial charge in [-0.05, 0) is 36.8 Å². The minimum atomic E-state index is -0.0608. The Hall–Kier alpha value is -2.34. The quantitative estimate of drug-likeness (QED) is 0.352. The van der Waals surface area contributed by atoms with E-state index in [1.54, 1.807) is 19.2 Å². The Morgan fingerprint density at radius 2 is 2.00 bits per heavy atom. The van der Waals surface area contributed by atoms with Crippen molar-refractivity contribution in [2.24, 2.45) is 4.99 Å². The molecule has 1 unspecified atom stereocenters. The molecule has 2 aliphatic heterocycles. The van der Waals surface area contributed by atoms with Crippen molar-refractivity contribution in [1.29, 1.82) is 0 Å². The number of carbonyl (C=O) groups excluding carboxylic acids is 1. The third-order valence-corrected chi connectivity index (χ3v) is 5.64. The van der Waals surface area contributed by atoms with Gasteiger partial charge in [0.05, 0.1) is 19.0 Å². The fourth-order valence-corrected chi connectivity index (χ4v) is 3.96. The number of nitrogens with one attached hydrogen (secondary N) is 1. The predicted octanol–water partition coefficient (Wildman–Crippen LogP) is 2.05. The molecule has 9 nitrogen and oxygen atoms in total. The number of aliphatic imine (C=N–C) groups is 1. The number of halogens is 1. The highest BCUT2D eigenvalue weighted by molar-refractivity contribution is 14.0. The highest BCUT2D eigenvalue weighted by Crippen LogP contribution is 2.16. The van der Waals surface area contributed by atoms with E-state index in [4.69, 9.17) is 9.15 Å². The third kappa shape index (κ3) is 5.91. The molecular formula is C22H31IN6O3. The van der Waals surface area contributed by atoms with Gasteiger partial charge in [0.1, 0.15) is 5.82 Å². The van der Waals surface area contributed by atoms with Crippen molar-refractivity contribution in [3.63, 3.8) is 0 Å². The number of morpholine rings is 1. The zero-order chi connectivity index (χ0) is 21.6. The molecule has 0 aliphatic carbocycles. The first-order valence-electron chi connectivity index (χ1n) is 10.7. The standard InChI is InChI=1S/C22H30N6O3.HI/c1-17-16-28(11-13-30-17)20-14-18(5-6-24-20)15-25-22(23-2)27-9-7-26(8-10-27)21(29)19-4-3-12-31-19;/h3-6,12,14,17H,7-11,13,15-16H2,1-2H3,(H,23,25);1H. The van der Waals surface area contributed by atoms with Crippen LogP contribution in [-0.4, -0.2) is 85.7 Å². The molecule has 0 bridgehead atoms. The van der Waals surface area contributed by atoms with E-state index in [0.29, 0.717) is 25.4 Å². The van der Waals surface area contributed by atoms with E-state index in [2.05, 4.69) is 38.1 Å². The van der Waals surface area contributed by atoms with Crippen molar-refractivity contribution >= 4 is 41.7 Å². The molecule has 10 heteroatoms. The van der Waals surface area contributed by atoms with Crippen molar-refractivity contribution in [2.75, 3.05) is 57.8 Å². The molecule has 0 spiro atoms. The van der Waals surface area contributed by atoms with Crippen LogP contribution in [0, 0.1) is 0 Å². The zero-order valence-corrected chi connectivity index (χ0v) is 20.9. The minimum absolute atomic E-state index is 0. The Morgan fingerprint density at radius 1 is 1.22 bits per heavy atom. The average molecular weight is 554 g/mol. The van der Waals surface area contributed by atoms with Crippen LogP contribution in [0.1, 0.15) is 23.0 Å². The summed E-state index contributed by atoms with van der Waals surface area (Å²) in [5.74, 6) is 2.14. The van der Waals surface area contributed by atoms with Gasteiger partial charge in [0.25, 0.3) is 5.91 Å². The second kappa shape index (κ2) is 11.5. The van der Waals surface area contributed by atoms with Crippen LogP contribution in [0.5, 0.6) is 0 Å². The van der Waals surface area contributed by atoms with Gasteiger partial charge in [-0.1, -0.05) is 0 Å². The summed E-state index contributed by atoms with van der Waals surface area (Å²) in [6.45, 7) is 7.90. The maximum absolute atomic E-state index is 12.5. The number of amides is 1. The zero-order valence-electron chi connectivity index (χ0n) is 18.6. The molecule has 0 aromatic carbocycles. The predicted molar refractivity (Wildman–Crippen MR) is 134 cm³/mol. The van der Waals surface area contributed by atoms with E-state index in [-0.39, 0.29) is 36.0 Å². The summed E-state index contributed by atoms with van der Waals surface area (Å²) in [5.41, 5.74) is 1.15. The number of aromatic nitrogens is 1. The maximum Gasteiger partial charge on any atom is 0.289 e. The highest BCUT2D eigenvalue weighted by atomic mass is 127. The normalized spacial score (nSPS) is 19.5. The van der Waals surface area contributed by atoms with Crippen LogP contribution >= 0.6 is 24.0 Å². The first-order valence-corrected chi connectivity index (χ1v) is 10.7. The number of piperazine rings is 1. The largest absolute Gasteiger partial charge is 0.459 e. The number of ether oxygens (including phenoxy) is 1.